The van der Waals surface area contributed by atoms with Gasteiger partial charge in [0.1, 0.15) is 11.6 Å². The highest BCUT2D eigenvalue weighted by Gasteiger charge is 2.22. The van der Waals surface area contributed by atoms with E-state index in [1.807, 2.05) is 30.9 Å². The number of rotatable bonds is 4. The molecule has 1 N–H and O–H groups in total. The lowest BCUT2D eigenvalue weighted by atomic mass is 10.2. The van der Waals surface area contributed by atoms with Gasteiger partial charge in [-0.2, -0.15) is 0 Å². The second kappa shape index (κ2) is 10.5. The van der Waals surface area contributed by atoms with Gasteiger partial charge in [0, 0.05) is 45.0 Å². The van der Waals surface area contributed by atoms with Crippen molar-refractivity contribution in [3.05, 3.63) is 59.4 Å². The summed E-state index contributed by atoms with van der Waals surface area (Å²) in [6.45, 7) is 7.90. The third kappa shape index (κ3) is 5.52. The molecule has 2 aromatic rings. The van der Waals surface area contributed by atoms with Crippen LogP contribution < -0.4 is 10.2 Å². The summed E-state index contributed by atoms with van der Waals surface area (Å²) in [4.78, 5) is 13.1. The normalized spacial score (nSPS) is 14.6. The fourth-order valence-electron chi connectivity index (χ4n) is 3.15. The van der Waals surface area contributed by atoms with E-state index in [1.54, 1.807) is 6.20 Å². The minimum absolute atomic E-state index is 0. The first kappa shape index (κ1) is 22.3. The number of aliphatic imine (C=N–C) groups is 1. The van der Waals surface area contributed by atoms with Crippen molar-refractivity contribution in [1.29, 1.82) is 0 Å². The van der Waals surface area contributed by atoms with Crippen molar-refractivity contribution >= 4 is 35.6 Å². The van der Waals surface area contributed by atoms with Crippen LogP contribution in [0.4, 0.5) is 14.5 Å². The molecule has 0 aliphatic carbocycles. The van der Waals surface area contributed by atoms with Gasteiger partial charge in [0.2, 0.25) is 0 Å². The Kier molecular flexibility index (Phi) is 8.40. The fourth-order valence-corrected chi connectivity index (χ4v) is 3.15. The molecule has 0 spiro atoms. The first-order valence-electron chi connectivity index (χ1n) is 9.22. The van der Waals surface area contributed by atoms with Crippen molar-refractivity contribution in [1.82, 2.24) is 15.2 Å². The minimum Gasteiger partial charge on any atom is -0.366 e. The molecule has 0 atom stereocenters. The molecule has 1 aromatic carbocycles. The van der Waals surface area contributed by atoms with Crippen LogP contribution in [0, 0.1) is 18.6 Å². The number of pyridine rings is 1. The molecule has 28 heavy (non-hydrogen) atoms. The highest BCUT2D eigenvalue weighted by Crippen LogP contribution is 2.22. The van der Waals surface area contributed by atoms with Gasteiger partial charge in [0.05, 0.1) is 17.9 Å². The molecule has 0 saturated carbocycles. The predicted octanol–water partition coefficient (Wildman–Crippen LogP) is 3.57. The number of nitrogens with zero attached hydrogens (tertiary/aromatic N) is 4. The summed E-state index contributed by atoms with van der Waals surface area (Å²) in [5.74, 6) is 0.00688. The topological polar surface area (TPSA) is 43.8 Å². The van der Waals surface area contributed by atoms with E-state index in [-0.39, 0.29) is 24.0 Å². The van der Waals surface area contributed by atoms with Crippen molar-refractivity contribution < 1.29 is 8.78 Å². The number of aromatic nitrogens is 1. The summed E-state index contributed by atoms with van der Waals surface area (Å²) in [6, 6.07) is 7.52. The van der Waals surface area contributed by atoms with Crippen LogP contribution in [0.3, 0.4) is 0 Å². The van der Waals surface area contributed by atoms with E-state index < -0.39 is 11.6 Å². The lowest BCUT2D eigenvalue weighted by Gasteiger charge is -2.37. The summed E-state index contributed by atoms with van der Waals surface area (Å²) < 4.78 is 27.5. The monoisotopic (exact) mass is 501 g/mol. The molecule has 152 valence electrons. The third-order valence-electron chi connectivity index (χ3n) is 4.66. The van der Waals surface area contributed by atoms with Gasteiger partial charge in [-0.25, -0.2) is 13.8 Å². The van der Waals surface area contributed by atoms with Gasteiger partial charge in [-0.3, -0.25) is 4.98 Å². The number of anilines is 1. The molecular formula is C20H26F2IN5. The molecule has 8 heteroatoms. The maximum Gasteiger partial charge on any atom is 0.194 e. The van der Waals surface area contributed by atoms with Crippen LogP contribution in [0.5, 0.6) is 0 Å². The van der Waals surface area contributed by atoms with E-state index in [1.165, 1.54) is 12.1 Å². The fraction of sp³-hybridized carbons (Fsp3) is 0.400. The first-order valence-corrected chi connectivity index (χ1v) is 9.22. The quantitative estimate of drug-likeness (QED) is 0.396. The predicted molar refractivity (Wildman–Crippen MR) is 119 cm³/mol. The third-order valence-corrected chi connectivity index (χ3v) is 4.66. The SMILES string of the molecule is CCNC(=NCc1ncccc1C)N1CCN(c2cc(F)ccc2F)CC1.I. The molecule has 0 bridgehead atoms. The first-order chi connectivity index (χ1) is 13.1. The Bertz CT molecular complexity index is 807. The maximum atomic E-state index is 14.0. The molecule has 0 unspecified atom stereocenters. The summed E-state index contributed by atoms with van der Waals surface area (Å²) in [6.07, 6.45) is 1.77. The number of aryl methyl sites for hydroxylation is 1. The van der Waals surface area contributed by atoms with E-state index in [9.17, 15) is 8.78 Å². The second-order valence-corrected chi connectivity index (χ2v) is 6.51. The number of hydrogen-bond donors (Lipinski definition) is 1. The summed E-state index contributed by atoms with van der Waals surface area (Å²) >= 11 is 0. The average Bonchev–Trinajstić information content (AvgIpc) is 2.68. The Morgan fingerprint density at radius 3 is 2.61 bits per heavy atom. The molecule has 0 radical (unpaired) electrons. The van der Waals surface area contributed by atoms with Crippen LogP contribution in [-0.4, -0.2) is 48.6 Å². The maximum absolute atomic E-state index is 14.0. The van der Waals surface area contributed by atoms with Crippen LogP contribution in [0.1, 0.15) is 18.2 Å². The zero-order valence-corrected chi connectivity index (χ0v) is 18.5. The molecule has 1 fully saturated rings. The standard InChI is InChI=1S/C20H25F2N5.HI/c1-3-23-20(25-14-18-15(2)5-4-8-24-18)27-11-9-26(10-12-27)19-13-16(21)6-7-17(19)22;/h4-8,13H,3,9-12,14H2,1-2H3,(H,23,25);1H. The van der Waals surface area contributed by atoms with Gasteiger partial charge in [0.15, 0.2) is 5.96 Å². The Morgan fingerprint density at radius 1 is 1.18 bits per heavy atom. The Hall–Kier alpha value is -1.97. The highest BCUT2D eigenvalue weighted by molar-refractivity contribution is 14.0. The van der Waals surface area contributed by atoms with Crippen LogP contribution in [0.15, 0.2) is 41.5 Å². The van der Waals surface area contributed by atoms with Crippen LogP contribution in [0.2, 0.25) is 0 Å². The lowest BCUT2D eigenvalue weighted by Crippen LogP contribution is -2.52. The van der Waals surface area contributed by atoms with Gasteiger partial charge in [-0.05, 0) is 37.6 Å². The van der Waals surface area contributed by atoms with E-state index in [0.717, 1.165) is 29.8 Å². The zero-order valence-electron chi connectivity index (χ0n) is 16.2. The molecule has 1 saturated heterocycles. The number of nitrogens with one attached hydrogen (secondary N) is 1. The minimum atomic E-state index is -0.422. The van der Waals surface area contributed by atoms with E-state index in [4.69, 9.17) is 4.99 Å². The van der Waals surface area contributed by atoms with Gasteiger partial charge < -0.3 is 15.1 Å². The molecule has 0 amide bonds. The lowest BCUT2D eigenvalue weighted by molar-refractivity contribution is 0.370. The van der Waals surface area contributed by atoms with Crippen molar-refractivity contribution in [2.45, 2.75) is 20.4 Å². The van der Waals surface area contributed by atoms with Gasteiger partial charge >= 0.3 is 0 Å². The van der Waals surface area contributed by atoms with Gasteiger partial charge in [-0.15, -0.1) is 24.0 Å². The number of hydrogen-bond acceptors (Lipinski definition) is 3. The molecule has 1 aliphatic heterocycles. The summed E-state index contributed by atoms with van der Waals surface area (Å²) in [5, 5.41) is 3.31. The van der Waals surface area contributed by atoms with Crippen molar-refractivity contribution in [2.24, 2.45) is 4.99 Å². The molecular weight excluding hydrogens is 475 g/mol. The number of piperazine rings is 1. The highest BCUT2D eigenvalue weighted by atomic mass is 127. The Labute approximate surface area is 181 Å². The smallest absolute Gasteiger partial charge is 0.194 e. The molecule has 3 rings (SSSR count). The number of benzene rings is 1. The average molecular weight is 501 g/mol. The summed E-state index contributed by atoms with van der Waals surface area (Å²) in [7, 11) is 0. The van der Waals surface area contributed by atoms with E-state index >= 15 is 0 Å². The molecule has 1 aromatic heterocycles. The number of guanidine groups is 1. The Morgan fingerprint density at radius 2 is 1.93 bits per heavy atom. The van der Waals surface area contributed by atoms with Crippen molar-refractivity contribution in [3.8, 4) is 0 Å². The van der Waals surface area contributed by atoms with Crippen LogP contribution in [0.25, 0.3) is 0 Å². The van der Waals surface area contributed by atoms with Gasteiger partial charge in [0.25, 0.3) is 0 Å². The second-order valence-electron chi connectivity index (χ2n) is 6.51. The molecule has 5 nitrogen and oxygen atoms in total. The van der Waals surface area contributed by atoms with E-state index in [0.29, 0.717) is 38.4 Å². The zero-order chi connectivity index (χ0) is 19.2. The number of halogens is 3. The van der Waals surface area contributed by atoms with Crippen molar-refractivity contribution in [2.75, 3.05) is 37.6 Å². The van der Waals surface area contributed by atoms with Crippen molar-refractivity contribution in [3.63, 3.8) is 0 Å². The van der Waals surface area contributed by atoms with Crippen LogP contribution in [-0.2, 0) is 6.54 Å². The Balaban J connectivity index is 0.00000280. The van der Waals surface area contributed by atoms with Gasteiger partial charge in [-0.1, -0.05) is 6.07 Å². The van der Waals surface area contributed by atoms with E-state index in [2.05, 4.69) is 15.2 Å². The molecule has 1 aliphatic rings. The summed E-state index contributed by atoms with van der Waals surface area (Å²) in [5.41, 5.74) is 2.39. The largest absolute Gasteiger partial charge is 0.366 e. The van der Waals surface area contributed by atoms with Crippen LogP contribution >= 0.6 is 24.0 Å². The molecule has 2 heterocycles.